The van der Waals surface area contributed by atoms with Gasteiger partial charge in [-0.2, -0.15) is 0 Å². The van der Waals surface area contributed by atoms with Gasteiger partial charge in [-0.1, -0.05) is 20.8 Å². The lowest BCUT2D eigenvalue weighted by molar-refractivity contribution is 0.0981. The maximum absolute atomic E-state index is 5.95. The van der Waals surface area contributed by atoms with Gasteiger partial charge in [0, 0.05) is 6.04 Å². The zero-order valence-corrected chi connectivity index (χ0v) is 13.5. The Kier molecular flexibility index (Phi) is 5.67. The van der Waals surface area contributed by atoms with Gasteiger partial charge in [0.2, 0.25) is 0 Å². The van der Waals surface area contributed by atoms with E-state index >= 15 is 0 Å². The van der Waals surface area contributed by atoms with Crippen LogP contribution in [0.4, 0.5) is 0 Å². The lowest BCUT2D eigenvalue weighted by Gasteiger charge is -2.37. The molecule has 1 N–H and O–H groups in total. The second kappa shape index (κ2) is 7.28. The molecule has 1 saturated heterocycles. The van der Waals surface area contributed by atoms with E-state index in [1.54, 1.807) is 0 Å². The molecule has 2 rings (SSSR count). The van der Waals surface area contributed by atoms with E-state index < -0.39 is 0 Å². The quantitative estimate of drug-likeness (QED) is 0.861. The van der Waals surface area contributed by atoms with Crippen molar-refractivity contribution in [3.63, 3.8) is 0 Å². The summed E-state index contributed by atoms with van der Waals surface area (Å²) in [6.45, 7) is 13.2. The third-order valence-electron chi connectivity index (χ3n) is 4.43. The molecule has 0 radical (unpaired) electrons. The highest BCUT2D eigenvalue weighted by atomic mass is 16.3. The van der Waals surface area contributed by atoms with Gasteiger partial charge in [-0.15, -0.1) is 0 Å². The summed E-state index contributed by atoms with van der Waals surface area (Å²) in [5, 5.41) is 3.43. The fraction of sp³-hybridized carbons (Fsp3) is 0.765. The number of rotatable bonds is 6. The average molecular weight is 278 g/mol. The normalized spacial score (nSPS) is 24.4. The molecule has 0 aliphatic carbocycles. The minimum Gasteiger partial charge on any atom is -0.463 e. The number of nitrogens with zero attached hydrogens (tertiary/aromatic N) is 1. The van der Waals surface area contributed by atoms with Gasteiger partial charge in [0.05, 0.1) is 13.1 Å². The summed E-state index contributed by atoms with van der Waals surface area (Å²) in [4.78, 5) is 2.55. The maximum atomic E-state index is 5.95. The smallest absolute Gasteiger partial charge is 0.118 e. The van der Waals surface area contributed by atoms with Gasteiger partial charge in [0.1, 0.15) is 11.5 Å². The van der Waals surface area contributed by atoms with Gasteiger partial charge in [0.15, 0.2) is 0 Å². The number of furan rings is 1. The number of likely N-dealkylation sites (tertiary alicyclic amines) is 1. The van der Waals surface area contributed by atoms with Crippen LogP contribution in [-0.2, 0) is 13.1 Å². The van der Waals surface area contributed by atoms with Crippen LogP contribution in [0.1, 0.15) is 52.1 Å². The van der Waals surface area contributed by atoms with Crippen molar-refractivity contribution < 1.29 is 4.42 Å². The molecule has 0 spiro atoms. The van der Waals surface area contributed by atoms with E-state index in [9.17, 15) is 0 Å². The van der Waals surface area contributed by atoms with Crippen molar-refractivity contribution in [2.75, 3.05) is 13.1 Å². The predicted octanol–water partition coefficient (Wildman–Crippen LogP) is 3.65. The summed E-state index contributed by atoms with van der Waals surface area (Å²) >= 11 is 0. The Labute approximate surface area is 123 Å². The van der Waals surface area contributed by atoms with Crippen molar-refractivity contribution >= 4 is 0 Å². The van der Waals surface area contributed by atoms with Crippen molar-refractivity contribution in [3.05, 3.63) is 23.7 Å². The van der Waals surface area contributed by atoms with Crippen molar-refractivity contribution in [2.45, 2.75) is 59.7 Å². The first kappa shape index (κ1) is 15.6. The molecule has 1 aromatic heterocycles. The standard InChI is InChI=1S/C17H30N2O/c1-13(2)10-18-11-16-7-8-17(20-16)12-19-9-5-6-14(3)15(19)4/h7-8,13-15,18H,5-6,9-12H2,1-4H3. The molecular formula is C17H30N2O. The highest BCUT2D eigenvalue weighted by Crippen LogP contribution is 2.24. The molecule has 0 saturated carbocycles. The van der Waals surface area contributed by atoms with Gasteiger partial charge in [-0.3, -0.25) is 4.90 Å². The summed E-state index contributed by atoms with van der Waals surface area (Å²) in [5.74, 6) is 3.64. The van der Waals surface area contributed by atoms with Crippen LogP contribution in [0, 0.1) is 11.8 Å². The van der Waals surface area contributed by atoms with E-state index in [4.69, 9.17) is 4.42 Å². The average Bonchev–Trinajstić information content (AvgIpc) is 2.82. The fourth-order valence-electron chi connectivity index (χ4n) is 2.93. The van der Waals surface area contributed by atoms with E-state index in [-0.39, 0.29) is 0 Å². The Balaban J connectivity index is 1.83. The molecule has 2 heterocycles. The largest absolute Gasteiger partial charge is 0.463 e. The summed E-state index contributed by atoms with van der Waals surface area (Å²) in [5.41, 5.74) is 0. The second-order valence-electron chi connectivity index (χ2n) is 6.72. The van der Waals surface area contributed by atoms with Crippen molar-refractivity contribution in [3.8, 4) is 0 Å². The lowest BCUT2D eigenvalue weighted by Crippen LogP contribution is -2.41. The predicted molar refractivity (Wildman–Crippen MR) is 83.5 cm³/mol. The second-order valence-corrected chi connectivity index (χ2v) is 6.72. The van der Waals surface area contributed by atoms with E-state index in [1.165, 1.54) is 19.4 Å². The zero-order valence-electron chi connectivity index (χ0n) is 13.5. The molecule has 2 atom stereocenters. The van der Waals surface area contributed by atoms with Gasteiger partial charge in [-0.25, -0.2) is 0 Å². The minimum absolute atomic E-state index is 0.663. The highest BCUT2D eigenvalue weighted by Gasteiger charge is 2.25. The number of piperidine rings is 1. The Bertz CT molecular complexity index is 399. The Hall–Kier alpha value is -0.800. The van der Waals surface area contributed by atoms with Crippen LogP contribution in [-0.4, -0.2) is 24.0 Å². The minimum atomic E-state index is 0.663. The first-order valence-electron chi connectivity index (χ1n) is 8.08. The van der Waals surface area contributed by atoms with Gasteiger partial charge >= 0.3 is 0 Å². The van der Waals surface area contributed by atoms with Crippen LogP contribution in [0.5, 0.6) is 0 Å². The van der Waals surface area contributed by atoms with Crippen LogP contribution in [0.15, 0.2) is 16.5 Å². The van der Waals surface area contributed by atoms with Crippen LogP contribution < -0.4 is 5.32 Å². The molecule has 114 valence electrons. The molecule has 0 aromatic carbocycles. The first-order valence-corrected chi connectivity index (χ1v) is 8.08. The molecule has 20 heavy (non-hydrogen) atoms. The summed E-state index contributed by atoms with van der Waals surface area (Å²) in [6, 6.07) is 4.91. The number of hydrogen-bond acceptors (Lipinski definition) is 3. The molecule has 0 amide bonds. The Morgan fingerprint density at radius 1 is 1.30 bits per heavy atom. The Morgan fingerprint density at radius 3 is 2.80 bits per heavy atom. The first-order chi connectivity index (χ1) is 9.56. The van der Waals surface area contributed by atoms with Crippen LogP contribution in [0.2, 0.25) is 0 Å². The number of nitrogens with one attached hydrogen (secondary N) is 1. The number of hydrogen-bond donors (Lipinski definition) is 1. The van der Waals surface area contributed by atoms with Crippen molar-refractivity contribution in [2.24, 2.45) is 11.8 Å². The summed E-state index contributed by atoms with van der Waals surface area (Å²) < 4.78 is 5.95. The van der Waals surface area contributed by atoms with Crippen molar-refractivity contribution in [1.82, 2.24) is 10.2 Å². The van der Waals surface area contributed by atoms with E-state index in [1.807, 2.05) is 0 Å². The van der Waals surface area contributed by atoms with Crippen LogP contribution in [0.25, 0.3) is 0 Å². The molecule has 1 aliphatic heterocycles. The van der Waals surface area contributed by atoms with Crippen LogP contribution >= 0.6 is 0 Å². The summed E-state index contributed by atoms with van der Waals surface area (Å²) in [6.07, 6.45) is 2.68. The third kappa shape index (κ3) is 4.35. The molecule has 3 nitrogen and oxygen atoms in total. The molecule has 1 aromatic rings. The Morgan fingerprint density at radius 2 is 2.05 bits per heavy atom. The summed E-state index contributed by atoms with van der Waals surface area (Å²) in [7, 11) is 0. The molecule has 2 unspecified atom stereocenters. The fourth-order valence-corrected chi connectivity index (χ4v) is 2.93. The topological polar surface area (TPSA) is 28.4 Å². The zero-order chi connectivity index (χ0) is 14.5. The monoisotopic (exact) mass is 278 g/mol. The van der Waals surface area contributed by atoms with Crippen LogP contribution in [0.3, 0.4) is 0 Å². The SMILES string of the molecule is CC(C)CNCc1ccc(CN2CCCC(C)C2C)o1. The molecule has 1 fully saturated rings. The maximum Gasteiger partial charge on any atom is 0.118 e. The van der Waals surface area contributed by atoms with E-state index in [2.05, 4.69) is 50.0 Å². The molecule has 1 aliphatic rings. The van der Waals surface area contributed by atoms with E-state index in [0.717, 1.165) is 37.1 Å². The molecule has 3 heteroatoms. The van der Waals surface area contributed by atoms with Gasteiger partial charge < -0.3 is 9.73 Å². The van der Waals surface area contributed by atoms with Gasteiger partial charge in [-0.05, 0) is 56.8 Å². The lowest BCUT2D eigenvalue weighted by atomic mass is 9.92. The van der Waals surface area contributed by atoms with Crippen molar-refractivity contribution in [1.29, 1.82) is 0 Å². The van der Waals surface area contributed by atoms with E-state index in [0.29, 0.717) is 12.0 Å². The van der Waals surface area contributed by atoms with Gasteiger partial charge in [0.25, 0.3) is 0 Å². The molecular weight excluding hydrogens is 248 g/mol. The highest BCUT2D eigenvalue weighted by molar-refractivity contribution is 5.07. The molecule has 0 bridgehead atoms. The third-order valence-corrected chi connectivity index (χ3v) is 4.43.